The molecular weight excluding hydrogens is 250 g/mol. The highest BCUT2D eigenvalue weighted by Gasteiger charge is 2.23. The maximum absolute atomic E-state index is 11.8. The van der Waals surface area contributed by atoms with Crippen molar-refractivity contribution in [1.29, 1.82) is 0 Å². The third-order valence-electron chi connectivity index (χ3n) is 3.62. The van der Waals surface area contributed by atoms with E-state index in [1.54, 1.807) is 0 Å². The van der Waals surface area contributed by atoms with Crippen molar-refractivity contribution in [3.63, 3.8) is 0 Å². The normalized spacial score (nSPS) is 21.7. The van der Waals surface area contributed by atoms with Crippen LogP contribution < -0.4 is 10.6 Å². The standard InChI is InChI=1S/C13H27N3O.ClH/c1-10(2)11(3)15-13(17)9-16-6-5-12(8-16)7-14-4;/h10-12,14H,5-9H2,1-4H3,(H,15,17);1H. The summed E-state index contributed by atoms with van der Waals surface area (Å²) in [5.41, 5.74) is 0. The Bertz CT molecular complexity index is 248. The van der Waals surface area contributed by atoms with Crippen molar-refractivity contribution in [1.82, 2.24) is 15.5 Å². The molecular formula is C13H28ClN3O. The largest absolute Gasteiger partial charge is 0.352 e. The number of likely N-dealkylation sites (tertiary alicyclic amines) is 1. The fourth-order valence-electron chi connectivity index (χ4n) is 2.18. The lowest BCUT2D eigenvalue weighted by Gasteiger charge is -2.20. The predicted octanol–water partition coefficient (Wildman–Crippen LogP) is 1.11. The van der Waals surface area contributed by atoms with Crippen molar-refractivity contribution in [2.24, 2.45) is 11.8 Å². The van der Waals surface area contributed by atoms with E-state index in [1.165, 1.54) is 6.42 Å². The molecule has 0 aromatic rings. The Labute approximate surface area is 117 Å². The molecule has 1 aliphatic rings. The highest BCUT2D eigenvalue weighted by Crippen LogP contribution is 2.14. The number of carbonyl (C=O) groups is 1. The molecule has 0 bridgehead atoms. The van der Waals surface area contributed by atoms with Gasteiger partial charge in [0.1, 0.15) is 0 Å². The van der Waals surface area contributed by atoms with Crippen LogP contribution in [-0.4, -0.2) is 50.1 Å². The minimum atomic E-state index is 0. The van der Waals surface area contributed by atoms with E-state index in [-0.39, 0.29) is 24.4 Å². The fourth-order valence-corrected chi connectivity index (χ4v) is 2.18. The minimum Gasteiger partial charge on any atom is -0.352 e. The van der Waals surface area contributed by atoms with Crippen LogP contribution in [0.2, 0.25) is 0 Å². The summed E-state index contributed by atoms with van der Waals surface area (Å²) >= 11 is 0. The molecule has 0 aromatic carbocycles. The predicted molar refractivity (Wildman–Crippen MR) is 78.2 cm³/mol. The van der Waals surface area contributed by atoms with Crippen LogP contribution in [0.4, 0.5) is 0 Å². The Morgan fingerprint density at radius 3 is 2.61 bits per heavy atom. The highest BCUT2D eigenvalue weighted by atomic mass is 35.5. The number of rotatable bonds is 6. The van der Waals surface area contributed by atoms with Crippen molar-refractivity contribution >= 4 is 18.3 Å². The van der Waals surface area contributed by atoms with Crippen molar-refractivity contribution in [3.05, 3.63) is 0 Å². The van der Waals surface area contributed by atoms with Crippen LogP contribution in [0, 0.1) is 11.8 Å². The number of amides is 1. The third-order valence-corrected chi connectivity index (χ3v) is 3.62. The Kier molecular flexibility index (Phi) is 8.57. The average Bonchev–Trinajstić information content (AvgIpc) is 2.65. The zero-order chi connectivity index (χ0) is 12.8. The number of nitrogens with one attached hydrogen (secondary N) is 2. The molecule has 1 amide bonds. The number of halogens is 1. The minimum absolute atomic E-state index is 0. The molecule has 4 nitrogen and oxygen atoms in total. The van der Waals surface area contributed by atoms with Crippen molar-refractivity contribution in [2.75, 3.05) is 33.2 Å². The Morgan fingerprint density at radius 1 is 1.39 bits per heavy atom. The fraction of sp³-hybridized carbons (Fsp3) is 0.923. The summed E-state index contributed by atoms with van der Waals surface area (Å²) in [7, 11) is 1.99. The summed E-state index contributed by atoms with van der Waals surface area (Å²) in [5, 5.41) is 6.26. The molecule has 0 spiro atoms. The molecule has 2 N–H and O–H groups in total. The molecule has 0 radical (unpaired) electrons. The molecule has 1 rings (SSSR count). The summed E-state index contributed by atoms with van der Waals surface area (Å²) in [6.45, 7) is 10.0. The van der Waals surface area contributed by atoms with E-state index in [4.69, 9.17) is 0 Å². The van der Waals surface area contributed by atoms with Gasteiger partial charge in [-0.15, -0.1) is 12.4 Å². The molecule has 18 heavy (non-hydrogen) atoms. The molecule has 0 saturated carbocycles. The summed E-state index contributed by atoms with van der Waals surface area (Å²) in [6.07, 6.45) is 1.20. The molecule has 5 heteroatoms. The summed E-state index contributed by atoms with van der Waals surface area (Å²) in [4.78, 5) is 14.1. The van der Waals surface area contributed by atoms with Gasteiger partial charge in [0.2, 0.25) is 5.91 Å². The molecule has 1 aliphatic heterocycles. The number of nitrogens with zero attached hydrogens (tertiary/aromatic N) is 1. The van der Waals surface area contributed by atoms with Gasteiger partial charge in [0.05, 0.1) is 6.54 Å². The summed E-state index contributed by atoms with van der Waals surface area (Å²) in [5.74, 6) is 1.36. The third kappa shape index (κ3) is 6.03. The van der Waals surface area contributed by atoms with E-state index >= 15 is 0 Å². The first-order chi connectivity index (χ1) is 8.02. The summed E-state index contributed by atoms with van der Waals surface area (Å²) in [6, 6.07) is 0.262. The number of hydrogen-bond donors (Lipinski definition) is 2. The van der Waals surface area contributed by atoms with Gasteiger partial charge in [0, 0.05) is 12.6 Å². The van der Waals surface area contributed by atoms with Crippen molar-refractivity contribution < 1.29 is 4.79 Å². The number of carbonyl (C=O) groups excluding carboxylic acids is 1. The van der Waals surface area contributed by atoms with Crippen LogP contribution in [0.1, 0.15) is 27.2 Å². The van der Waals surface area contributed by atoms with Crippen LogP contribution in [-0.2, 0) is 4.79 Å². The average molecular weight is 278 g/mol. The van der Waals surface area contributed by atoms with E-state index in [0.717, 1.165) is 19.6 Å². The Morgan fingerprint density at radius 2 is 2.06 bits per heavy atom. The molecule has 1 heterocycles. The van der Waals surface area contributed by atoms with Gasteiger partial charge in [-0.25, -0.2) is 0 Å². The van der Waals surface area contributed by atoms with E-state index in [1.807, 2.05) is 7.05 Å². The van der Waals surface area contributed by atoms with Crippen LogP contribution >= 0.6 is 12.4 Å². The molecule has 0 aromatic heterocycles. The Balaban J connectivity index is 0.00000289. The van der Waals surface area contributed by atoms with Gasteiger partial charge in [-0.3, -0.25) is 9.69 Å². The first kappa shape index (κ1) is 17.7. The van der Waals surface area contributed by atoms with Gasteiger partial charge in [-0.2, -0.15) is 0 Å². The van der Waals surface area contributed by atoms with E-state index < -0.39 is 0 Å². The van der Waals surface area contributed by atoms with Gasteiger partial charge in [-0.1, -0.05) is 13.8 Å². The first-order valence-corrected chi connectivity index (χ1v) is 6.69. The second-order valence-corrected chi connectivity index (χ2v) is 5.55. The van der Waals surface area contributed by atoms with Crippen LogP contribution in [0.5, 0.6) is 0 Å². The molecule has 1 fully saturated rings. The highest BCUT2D eigenvalue weighted by molar-refractivity contribution is 5.85. The quantitative estimate of drug-likeness (QED) is 0.765. The van der Waals surface area contributed by atoms with Gasteiger partial charge in [0.25, 0.3) is 0 Å². The lowest BCUT2D eigenvalue weighted by atomic mass is 10.1. The SMILES string of the molecule is CNCC1CCN(CC(=O)NC(C)C(C)C)C1.Cl. The maximum Gasteiger partial charge on any atom is 0.234 e. The summed E-state index contributed by atoms with van der Waals surface area (Å²) < 4.78 is 0. The molecule has 2 atom stereocenters. The lowest BCUT2D eigenvalue weighted by molar-refractivity contribution is -0.122. The molecule has 0 aliphatic carbocycles. The lowest BCUT2D eigenvalue weighted by Crippen LogP contribution is -2.42. The zero-order valence-corrected chi connectivity index (χ0v) is 12.8. The monoisotopic (exact) mass is 277 g/mol. The zero-order valence-electron chi connectivity index (χ0n) is 12.0. The molecule has 2 unspecified atom stereocenters. The van der Waals surface area contributed by atoms with Gasteiger partial charge in [0.15, 0.2) is 0 Å². The van der Waals surface area contributed by atoms with Crippen molar-refractivity contribution in [2.45, 2.75) is 33.2 Å². The van der Waals surface area contributed by atoms with Crippen LogP contribution in [0.3, 0.4) is 0 Å². The second kappa shape index (κ2) is 8.73. The molecule has 108 valence electrons. The maximum atomic E-state index is 11.8. The van der Waals surface area contributed by atoms with Gasteiger partial charge in [-0.05, 0) is 45.3 Å². The van der Waals surface area contributed by atoms with Crippen LogP contribution in [0.15, 0.2) is 0 Å². The molecule has 1 saturated heterocycles. The van der Waals surface area contributed by atoms with Gasteiger partial charge < -0.3 is 10.6 Å². The van der Waals surface area contributed by atoms with E-state index in [0.29, 0.717) is 18.4 Å². The smallest absolute Gasteiger partial charge is 0.234 e. The first-order valence-electron chi connectivity index (χ1n) is 6.69. The van der Waals surface area contributed by atoms with Crippen LogP contribution in [0.25, 0.3) is 0 Å². The Hall–Kier alpha value is -0.320. The second-order valence-electron chi connectivity index (χ2n) is 5.55. The number of hydrogen-bond acceptors (Lipinski definition) is 3. The van der Waals surface area contributed by atoms with Crippen molar-refractivity contribution in [3.8, 4) is 0 Å². The van der Waals surface area contributed by atoms with Gasteiger partial charge >= 0.3 is 0 Å². The topological polar surface area (TPSA) is 44.4 Å². The van der Waals surface area contributed by atoms with E-state index in [2.05, 4.69) is 36.3 Å². The van der Waals surface area contributed by atoms with E-state index in [9.17, 15) is 4.79 Å².